The molecule has 16 heavy (non-hydrogen) atoms. The number of piperidine rings is 1. The molecule has 1 atom stereocenters. The number of ether oxygens (including phenoxy) is 1. The second-order valence-corrected chi connectivity index (χ2v) is 5.13. The van der Waals surface area contributed by atoms with Crippen LogP contribution >= 0.6 is 15.9 Å². The Morgan fingerprint density at radius 3 is 3.00 bits per heavy atom. The van der Waals surface area contributed by atoms with E-state index in [-0.39, 0.29) is 0 Å². The first-order valence-electron chi connectivity index (χ1n) is 5.86. The molecule has 1 fully saturated rings. The van der Waals surface area contributed by atoms with Crippen molar-refractivity contribution in [3.8, 4) is 5.75 Å². The summed E-state index contributed by atoms with van der Waals surface area (Å²) in [5, 5.41) is 3.57. The van der Waals surface area contributed by atoms with Crippen LogP contribution < -0.4 is 10.1 Å². The fourth-order valence-corrected chi connectivity index (χ4v) is 2.78. The van der Waals surface area contributed by atoms with Gasteiger partial charge in [-0.2, -0.15) is 0 Å². The Balaban J connectivity index is 2.12. The number of benzene rings is 1. The van der Waals surface area contributed by atoms with E-state index in [0.29, 0.717) is 6.04 Å². The van der Waals surface area contributed by atoms with Crippen molar-refractivity contribution in [2.45, 2.75) is 31.7 Å². The zero-order chi connectivity index (χ0) is 11.4. The Bertz CT molecular complexity index is 348. The lowest BCUT2D eigenvalue weighted by atomic mass is 9.97. The average molecular weight is 284 g/mol. The number of halogens is 1. The monoisotopic (exact) mass is 283 g/mol. The van der Waals surface area contributed by atoms with Crippen molar-refractivity contribution in [1.82, 2.24) is 5.32 Å². The van der Waals surface area contributed by atoms with Crippen molar-refractivity contribution in [2.75, 3.05) is 13.7 Å². The zero-order valence-electron chi connectivity index (χ0n) is 9.63. The highest BCUT2D eigenvalue weighted by Gasteiger charge is 2.16. The lowest BCUT2D eigenvalue weighted by molar-refractivity contribution is 0.381. The van der Waals surface area contributed by atoms with Gasteiger partial charge in [0.05, 0.1) is 7.11 Å². The largest absolute Gasteiger partial charge is 0.496 e. The first kappa shape index (κ1) is 11.9. The Morgan fingerprint density at radius 1 is 1.44 bits per heavy atom. The van der Waals surface area contributed by atoms with E-state index in [1.54, 1.807) is 7.11 Å². The molecule has 1 N–H and O–H groups in total. The van der Waals surface area contributed by atoms with Gasteiger partial charge in [0.15, 0.2) is 0 Å². The molecular weight excluding hydrogens is 266 g/mol. The lowest BCUT2D eigenvalue weighted by Gasteiger charge is -2.24. The molecule has 0 radical (unpaired) electrons. The van der Waals surface area contributed by atoms with Gasteiger partial charge in [0, 0.05) is 16.1 Å². The quantitative estimate of drug-likeness (QED) is 0.920. The Labute approximate surface area is 106 Å². The first-order valence-corrected chi connectivity index (χ1v) is 6.65. The Kier molecular flexibility index (Phi) is 4.24. The minimum absolute atomic E-state index is 0.598. The lowest BCUT2D eigenvalue weighted by Crippen LogP contribution is -2.35. The Hall–Kier alpha value is -0.540. The standard InChI is InChI=1S/C13H18BrNO/c1-16-13-7-4-6-12(14)11(13)9-10-5-2-3-8-15-10/h4,6-7,10,15H,2-3,5,8-9H2,1H3. The van der Waals surface area contributed by atoms with Gasteiger partial charge in [0.25, 0.3) is 0 Å². The number of methoxy groups -OCH3 is 1. The first-order chi connectivity index (χ1) is 7.81. The normalized spacial score (nSPS) is 20.8. The second kappa shape index (κ2) is 5.69. The van der Waals surface area contributed by atoms with Gasteiger partial charge in [-0.3, -0.25) is 0 Å². The number of rotatable bonds is 3. The van der Waals surface area contributed by atoms with Crippen LogP contribution in [-0.2, 0) is 6.42 Å². The predicted molar refractivity (Wildman–Crippen MR) is 70.0 cm³/mol. The number of hydrogen-bond acceptors (Lipinski definition) is 2. The van der Waals surface area contributed by atoms with Crippen LogP contribution in [0.15, 0.2) is 22.7 Å². The molecule has 88 valence electrons. The minimum Gasteiger partial charge on any atom is -0.496 e. The average Bonchev–Trinajstić information content (AvgIpc) is 2.33. The van der Waals surface area contributed by atoms with Gasteiger partial charge in [0.1, 0.15) is 5.75 Å². The zero-order valence-corrected chi connectivity index (χ0v) is 11.2. The van der Waals surface area contributed by atoms with E-state index in [4.69, 9.17) is 4.74 Å². The minimum atomic E-state index is 0.598. The third-order valence-corrected chi connectivity index (χ3v) is 3.90. The summed E-state index contributed by atoms with van der Waals surface area (Å²) in [7, 11) is 1.74. The molecule has 2 nitrogen and oxygen atoms in total. The highest BCUT2D eigenvalue weighted by atomic mass is 79.9. The Morgan fingerprint density at radius 2 is 2.31 bits per heavy atom. The fraction of sp³-hybridized carbons (Fsp3) is 0.538. The van der Waals surface area contributed by atoms with E-state index in [2.05, 4.69) is 27.3 Å². The molecule has 1 aromatic carbocycles. The van der Waals surface area contributed by atoms with E-state index < -0.39 is 0 Å². The van der Waals surface area contributed by atoms with Crippen molar-refractivity contribution in [3.05, 3.63) is 28.2 Å². The van der Waals surface area contributed by atoms with Crippen LogP contribution in [-0.4, -0.2) is 19.7 Å². The van der Waals surface area contributed by atoms with E-state index in [9.17, 15) is 0 Å². The van der Waals surface area contributed by atoms with Gasteiger partial charge in [-0.1, -0.05) is 28.4 Å². The van der Waals surface area contributed by atoms with Crippen LogP contribution in [0.2, 0.25) is 0 Å². The highest BCUT2D eigenvalue weighted by Crippen LogP contribution is 2.29. The van der Waals surface area contributed by atoms with Crippen molar-refractivity contribution >= 4 is 15.9 Å². The van der Waals surface area contributed by atoms with E-state index in [1.165, 1.54) is 24.8 Å². The van der Waals surface area contributed by atoms with Gasteiger partial charge in [0.2, 0.25) is 0 Å². The third-order valence-electron chi connectivity index (χ3n) is 3.16. The summed E-state index contributed by atoms with van der Waals surface area (Å²) in [5.74, 6) is 0.988. The molecule has 0 amide bonds. The summed E-state index contributed by atoms with van der Waals surface area (Å²) in [6.07, 6.45) is 4.96. The molecule has 1 aliphatic heterocycles. The van der Waals surface area contributed by atoms with Gasteiger partial charge >= 0.3 is 0 Å². The summed E-state index contributed by atoms with van der Waals surface area (Å²) in [6.45, 7) is 1.15. The summed E-state index contributed by atoms with van der Waals surface area (Å²) >= 11 is 3.61. The highest BCUT2D eigenvalue weighted by molar-refractivity contribution is 9.10. The van der Waals surface area contributed by atoms with Crippen LogP contribution in [0.5, 0.6) is 5.75 Å². The summed E-state index contributed by atoms with van der Waals surface area (Å²) in [6, 6.07) is 6.73. The molecule has 1 saturated heterocycles. The molecule has 3 heteroatoms. The molecule has 0 aliphatic carbocycles. The van der Waals surface area contributed by atoms with Crippen molar-refractivity contribution in [3.63, 3.8) is 0 Å². The molecule has 2 rings (SSSR count). The summed E-state index contributed by atoms with van der Waals surface area (Å²) in [5.41, 5.74) is 1.28. The predicted octanol–water partition coefficient (Wildman–Crippen LogP) is 3.14. The van der Waals surface area contributed by atoms with Crippen LogP contribution in [0.4, 0.5) is 0 Å². The molecule has 1 aromatic rings. The van der Waals surface area contributed by atoms with Gasteiger partial charge in [-0.25, -0.2) is 0 Å². The maximum atomic E-state index is 5.41. The van der Waals surface area contributed by atoms with Crippen LogP contribution in [0.1, 0.15) is 24.8 Å². The second-order valence-electron chi connectivity index (χ2n) is 4.27. The number of hydrogen-bond donors (Lipinski definition) is 1. The van der Waals surface area contributed by atoms with E-state index in [1.807, 2.05) is 12.1 Å². The topological polar surface area (TPSA) is 21.3 Å². The molecule has 0 saturated carbocycles. The van der Waals surface area contributed by atoms with Gasteiger partial charge < -0.3 is 10.1 Å². The molecular formula is C13H18BrNO. The maximum Gasteiger partial charge on any atom is 0.123 e. The van der Waals surface area contributed by atoms with Gasteiger partial charge in [-0.05, 0) is 37.9 Å². The summed E-state index contributed by atoms with van der Waals surface area (Å²) in [4.78, 5) is 0. The van der Waals surface area contributed by atoms with E-state index >= 15 is 0 Å². The SMILES string of the molecule is COc1cccc(Br)c1CC1CCCCN1. The van der Waals surface area contributed by atoms with Gasteiger partial charge in [-0.15, -0.1) is 0 Å². The smallest absolute Gasteiger partial charge is 0.123 e. The molecule has 0 aromatic heterocycles. The van der Waals surface area contributed by atoms with Crippen LogP contribution in [0.3, 0.4) is 0 Å². The molecule has 1 heterocycles. The fourth-order valence-electron chi connectivity index (χ4n) is 2.27. The van der Waals surface area contributed by atoms with Crippen LogP contribution in [0.25, 0.3) is 0 Å². The van der Waals surface area contributed by atoms with Crippen molar-refractivity contribution in [2.24, 2.45) is 0 Å². The molecule has 0 spiro atoms. The maximum absolute atomic E-state index is 5.41. The summed E-state index contributed by atoms with van der Waals surface area (Å²) < 4.78 is 6.56. The van der Waals surface area contributed by atoms with Crippen molar-refractivity contribution in [1.29, 1.82) is 0 Å². The number of nitrogens with one attached hydrogen (secondary N) is 1. The van der Waals surface area contributed by atoms with Crippen molar-refractivity contribution < 1.29 is 4.74 Å². The molecule has 1 unspecified atom stereocenters. The van der Waals surface area contributed by atoms with Crippen LogP contribution in [0, 0.1) is 0 Å². The molecule has 0 bridgehead atoms. The molecule has 1 aliphatic rings. The third kappa shape index (κ3) is 2.77. The van der Waals surface area contributed by atoms with E-state index in [0.717, 1.165) is 23.2 Å².